The SMILES string of the molecule is CCOc1ccccc1C(=O)OCC(=O)NC(C)c1ccc(C)cc1. The zero-order valence-corrected chi connectivity index (χ0v) is 14.7. The van der Waals surface area contributed by atoms with Crippen LogP contribution in [0.15, 0.2) is 48.5 Å². The van der Waals surface area contributed by atoms with Gasteiger partial charge < -0.3 is 14.8 Å². The molecule has 5 heteroatoms. The average molecular weight is 341 g/mol. The number of amides is 1. The van der Waals surface area contributed by atoms with Crippen molar-refractivity contribution in [2.45, 2.75) is 26.8 Å². The second-order valence-corrected chi connectivity index (χ2v) is 5.71. The number of para-hydroxylation sites is 1. The highest BCUT2D eigenvalue weighted by atomic mass is 16.5. The maximum atomic E-state index is 12.2. The van der Waals surface area contributed by atoms with Crippen molar-refractivity contribution in [3.05, 3.63) is 65.2 Å². The van der Waals surface area contributed by atoms with Gasteiger partial charge in [0.05, 0.1) is 12.6 Å². The second-order valence-electron chi connectivity index (χ2n) is 5.71. The lowest BCUT2D eigenvalue weighted by Gasteiger charge is -2.15. The fourth-order valence-electron chi connectivity index (χ4n) is 2.35. The molecule has 0 bridgehead atoms. The van der Waals surface area contributed by atoms with E-state index in [0.29, 0.717) is 17.9 Å². The van der Waals surface area contributed by atoms with Crippen molar-refractivity contribution in [3.63, 3.8) is 0 Å². The highest BCUT2D eigenvalue weighted by Gasteiger charge is 2.16. The zero-order chi connectivity index (χ0) is 18.2. The number of ether oxygens (including phenoxy) is 2. The van der Waals surface area contributed by atoms with Crippen LogP contribution < -0.4 is 10.1 Å². The van der Waals surface area contributed by atoms with Gasteiger partial charge in [0.25, 0.3) is 5.91 Å². The highest BCUT2D eigenvalue weighted by molar-refractivity contribution is 5.94. The minimum absolute atomic E-state index is 0.164. The topological polar surface area (TPSA) is 64.6 Å². The molecule has 0 spiro atoms. The molecule has 0 aliphatic heterocycles. The lowest BCUT2D eigenvalue weighted by atomic mass is 10.1. The first-order chi connectivity index (χ1) is 12.0. The molecule has 0 saturated heterocycles. The smallest absolute Gasteiger partial charge is 0.342 e. The average Bonchev–Trinajstić information content (AvgIpc) is 2.61. The van der Waals surface area contributed by atoms with Gasteiger partial charge in [-0.2, -0.15) is 0 Å². The second kappa shape index (κ2) is 8.87. The molecule has 2 aromatic rings. The van der Waals surface area contributed by atoms with Crippen LogP contribution in [0.4, 0.5) is 0 Å². The van der Waals surface area contributed by atoms with Crippen molar-refractivity contribution in [1.29, 1.82) is 0 Å². The van der Waals surface area contributed by atoms with Gasteiger partial charge in [-0.1, -0.05) is 42.0 Å². The Morgan fingerprint density at radius 3 is 2.44 bits per heavy atom. The van der Waals surface area contributed by atoms with E-state index in [1.54, 1.807) is 24.3 Å². The third-order valence-electron chi connectivity index (χ3n) is 3.70. The summed E-state index contributed by atoms with van der Waals surface area (Å²) >= 11 is 0. The fourth-order valence-corrected chi connectivity index (χ4v) is 2.35. The van der Waals surface area contributed by atoms with E-state index in [1.165, 1.54) is 0 Å². The molecular formula is C20H23NO4. The molecule has 25 heavy (non-hydrogen) atoms. The van der Waals surface area contributed by atoms with Crippen LogP contribution >= 0.6 is 0 Å². The Hall–Kier alpha value is -2.82. The van der Waals surface area contributed by atoms with Crippen LogP contribution in [-0.2, 0) is 9.53 Å². The van der Waals surface area contributed by atoms with Gasteiger partial charge in [0.15, 0.2) is 6.61 Å². The summed E-state index contributed by atoms with van der Waals surface area (Å²) in [6.07, 6.45) is 0. The minimum Gasteiger partial charge on any atom is -0.493 e. The molecule has 2 rings (SSSR count). The maximum Gasteiger partial charge on any atom is 0.342 e. The van der Waals surface area contributed by atoms with Crippen LogP contribution in [0.1, 0.15) is 41.4 Å². The summed E-state index contributed by atoms with van der Waals surface area (Å²) in [6.45, 7) is 5.83. The van der Waals surface area contributed by atoms with E-state index in [4.69, 9.17) is 9.47 Å². The van der Waals surface area contributed by atoms with E-state index in [1.807, 2.05) is 45.0 Å². The third kappa shape index (κ3) is 5.35. The summed E-state index contributed by atoms with van der Waals surface area (Å²) in [5.41, 5.74) is 2.46. The van der Waals surface area contributed by atoms with Crippen molar-refractivity contribution < 1.29 is 19.1 Å². The molecule has 0 saturated carbocycles. The standard InChI is InChI=1S/C20H23NO4/c1-4-24-18-8-6-5-7-17(18)20(23)25-13-19(22)21-15(3)16-11-9-14(2)10-12-16/h5-12,15H,4,13H2,1-3H3,(H,21,22). The van der Waals surface area contributed by atoms with Crippen molar-refractivity contribution in [3.8, 4) is 5.75 Å². The Kier molecular flexibility index (Phi) is 6.57. The predicted molar refractivity (Wildman–Crippen MR) is 95.6 cm³/mol. The van der Waals surface area contributed by atoms with Crippen LogP contribution in [0, 0.1) is 6.92 Å². The Morgan fingerprint density at radius 2 is 1.76 bits per heavy atom. The molecule has 0 aliphatic carbocycles. The van der Waals surface area contributed by atoms with Gasteiger partial charge in [-0.25, -0.2) is 4.79 Å². The Morgan fingerprint density at radius 1 is 1.08 bits per heavy atom. The molecule has 0 fully saturated rings. The summed E-state index contributed by atoms with van der Waals surface area (Å²) < 4.78 is 10.5. The van der Waals surface area contributed by atoms with Crippen LogP contribution in [0.25, 0.3) is 0 Å². The number of hydrogen-bond donors (Lipinski definition) is 1. The van der Waals surface area contributed by atoms with E-state index in [9.17, 15) is 9.59 Å². The number of carbonyl (C=O) groups excluding carboxylic acids is 2. The number of carbonyl (C=O) groups is 2. The van der Waals surface area contributed by atoms with Crippen molar-refractivity contribution in [1.82, 2.24) is 5.32 Å². The van der Waals surface area contributed by atoms with Gasteiger partial charge in [-0.3, -0.25) is 4.79 Å². The minimum atomic E-state index is -0.581. The molecule has 0 heterocycles. The molecule has 1 atom stereocenters. The quantitative estimate of drug-likeness (QED) is 0.784. The van der Waals surface area contributed by atoms with Gasteiger partial charge in [0.2, 0.25) is 0 Å². The van der Waals surface area contributed by atoms with E-state index in [2.05, 4.69) is 5.32 Å². The first-order valence-electron chi connectivity index (χ1n) is 8.26. The Balaban J connectivity index is 1.89. The molecule has 5 nitrogen and oxygen atoms in total. The molecule has 132 valence electrons. The predicted octanol–water partition coefficient (Wildman–Crippen LogP) is 3.43. The van der Waals surface area contributed by atoms with E-state index in [0.717, 1.165) is 11.1 Å². The number of benzene rings is 2. The molecule has 2 aromatic carbocycles. The van der Waals surface area contributed by atoms with Crippen LogP contribution in [0.3, 0.4) is 0 Å². The zero-order valence-electron chi connectivity index (χ0n) is 14.7. The molecule has 0 aromatic heterocycles. The fraction of sp³-hybridized carbons (Fsp3) is 0.300. The molecule has 0 aliphatic rings. The number of rotatable bonds is 7. The molecule has 0 radical (unpaired) electrons. The number of aryl methyl sites for hydroxylation is 1. The number of hydrogen-bond acceptors (Lipinski definition) is 4. The lowest BCUT2D eigenvalue weighted by molar-refractivity contribution is -0.124. The highest BCUT2D eigenvalue weighted by Crippen LogP contribution is 2.19. The summed E-state index contributed by atoms with van der Waals surface area (Å²) in [4.78, 5) is 24.2. The Bertz CT molecular complexity index is 725. The molecular weight excluding hydrogens is 318 g/mol. The van der Waals surface area contributed by atoms with E-state index in [-0.39, 0.29) is 18.6 Å². The van der Waals surface area contributed by atoms with E-state index >= 15 is 0 Å². The monoisotopic (exact) mass is 341 g/mol. The van der Waals surface area contributed by atoms with Crippen molar-refractivity contribution >= 4 is 11.9 Å². The van der Waals surface area contributed by atoms with Gasteiger partial charge in [-0.05, 0) is 38.5 Å². The summed E-state index contributed by atoms with van der Waals surface area (Å²) in [5, 5.41) is 2.81. The third-order valence-corrected chi connectivity index (χ3v) is 3.70. The van der Waals surface area contributed by atoms with Crippen molar-refractivity contribution in [2.75, 3.05) is 13.2 Å². The first kappa shape index (κ1) is 18.5. The van der Waals surface area contributed by atoms with Gasteiger partial charge >= 0.3 is 5.97 Å². The van der Waals surface area contributed by atoms with Gasteiger partial charge in [0, 0.05) is 0 Å². The number of esters is 1. The van der Waals surface area contributed by atoms with Crippen LogP contribution in [0.5, 0.6) is 5.75 Å². The lowest BCUT2D eigenvalue weighted by Crippen LogP contribution is -2.31. The van der Waals surface area contributed by atoms with Gasteiger partial charge in [0.1, 0.15) is 11.3 Å². The maximum absolute atomic E-state index is 12.2. The first-order valence-corrected chi connectivity index (χ1v) is 8.26. The summed E-state index contributed by atoms with van der Waals surface area (Å²) in [6, 6.07) is 14.5. The Labute approximate surface area is 148 Å². The normalized spacial score (nSPS) is 11.5. The van der Waals surface area contributed by atoms with Crippen LogP contribution in [0.2, 0.25) is 0 Å². The molecule has 1 unspecified atom stereocenters. The van der Waals surface area contributed by atoms with Crippen LogP contribution in [-0.4, -0.2) is 25.1 Å². The molecule has 1 N–H and O–H groups in total. The van der Waals surface area contributed by atoms with E-state index < -0.39 is 5.97 Å². The molecule has 1 amide bonds. The largest absolute Gasteiger partial charge is 0.493 e. The summed E-state index contributed by atoms with van der Waals surface area (Å²) in [5.74, 6) is -0.485. The summed E-state index contributed by atoms with van der Waals surface area (Å²) in [7, 11) is 0. The van der Waals surface area contributed by atoms with Crippen molar-refractivity contribution in [2.24, 2.45) is 0 Å². The van der Waals surface area contributed by atoms with Gasteiger partial charge in [-0.15, -0.1) is 0 Å². The number of nitrogens with one attached hydrogen (secondary N) is 1.